The van der Waals surface area contributed by atoms with Gasteiger partial charge in [0.2, 0.25) is 0 Å². The Balaban J connectivity index is 2.22. The maximum atomic E-state index is 14.1. The zero-order valence-corrected chi connectivity index (χ0v) is 16.6. The molecule has 1 aromatic rings. The predicted octanol–water partition coefficient (Wildman–Crippen LogP) is 4.70. The minimum absolute atomic E-state index is 0.00743. The van der Waals surface area contributed by atoms with Gasteiger partial charge in [-0.15, -0.1) is 0 Å². The summed E-state index contributed by atoms with van der Waals surface area (Å²) in [7, 11) is 0. The first-order chi connectivity index (χ1) is 11.9. The Bertz CT molecular complexity index is 754. The molecule has 0 aromatic heterocycles. The van der Waals surface area contributed by atoms with Gasteiger partial charge in [-0.3, -0.25) is 9.59 Å². The second-order valence-electron chi connectivity index (χ2n) is 6.49. The molecule has 1 aliphatic carbocycles. The van der Waals surface area contributed by atoms with Crippen molar-refractivity contribution in [3.05, 3.63) is 35.1 Å². The molecule has 0 radical (unpaired) electrons. The van der Waals surface area contributed by atoms with Crippen molar-refractivity contribution >= 4 is 43.6 Å². The minimum Gasteiger partial charge on any atom is -0.397 e. The van der Waals surface area contributed by atoms with Crippen LogP contribution >= 0.6 is 31.9 Å². The molecule has 0 N–H and O–H groups in total. The Hall–Kier alpha value is -1.03. The lowest BCUT2D eigenvalue weighted by Gasteiger charge is -2.18. The maximum absolute atomic E-state index is 14.1. The normalized spacial score (nSPS) is 22.7. The summed E-state index contributed by atoms with van der Waals surface area (Å²) in [6, 6.07) is 0.612. The van der Waals surface area contributed by atoms with Crippen LogP contribution in [0.2, 0.25) is 0 Å². The molecule has 3 nitrogen and oxygen atoms in total. The van der Waals surface area contributed by atoms with Gasteiger partial charge in [-0.05, 0) is 23.5 Å². The molecule has 1 aromatic carbocycles. The number of benzene rings is 1. The molecular weight excluding hydrogens is 495 g/mol. The molecule has 3 atom stereocenters. The number of halogens is 7. The highest BCUT2D eigenvalue weighted by atomic mass is 79.9. The lowest BCUT2D eigenvalue weighted by molar-refractivity contribution is -0.243. The smallest absolute Gasteiger partial charge is 0.397 e. The van der Waals surface area contributed by atoms with E-state index in [-0.39, 0.29) is 11.1 Å². The molecule has 26 heavy (non-hydrogen) atoms. The first-order valence-corrected chi connectivity index (χ1v) is 9.37. The van der Waals surface area contributed by atoms with Crippen LogP contribution in [0.1, 0.15) is 19.4 Å². The summed E-state index contributed by atoms with van der Waals surface area (Å²) < 4.78 is 72.0. The Morgan fingerprint density at radius 1 is 1.23 bits per heavy atom. The molecule has 1 fully saturated rings. The van der Waals surface area contributed by atoms with Gasteiger partial charge >= 0.3 is 12.1 Å². The van der Waals surface area contributed by atoms with Crippen molar-refractivity contribution in [1.29, 1.82) is 0 Å². The van der Waals surface area contributed by atoms with Gasteiger partial charge in [-0.2, -0.15) is 8.78 Å². The van der Waals surface area contributed by atoms with Gasteiger partial charge in [0, 0.05) is 0 Å². The first-order valence-electron chi connectivity index (χ1n) is 7.33. The standard InChI is InChI=1S/C16H13Br2F5O3/c1-15(2)9(11(18)8(24)5-17)10(15)14(25)26-16(22,23)6-3-4-7(19)13(21)12(6)20/h3-4,9-11H,5H2,1-2H3/t9-,10+,11?/m1/s1. The summed E-state index contributed by atoms with van der Waals surface area (Å²) in [5.41, 5.74) is -2.40. The van der Waals surface area contributed by atoms with Crippen molar-refractivity contribution in [2.24, 2.45) is 17.3 Å². The van der Waals surface area contributed by atoms with Crippen LogP contribution in [0.25, 0.3) is 0 Å². The van der Waals surface area contributed by atoms with Crippen LogP contribution in [0.15, 0.2) is 12.1 Å². The number of alkyl halides is 4. The molecule has 1 unspecified atom stereocenters. The number of ketones is 1. The molecule has 1 saturated carbocycles. The predicted molar refractivity (Wildman–Crippen MR) is 88.6 cm³/mol. The van der Waals surface area contributed by atoms with Crippen molar-refractivity contribution in [1.82, 2.24) is 0 Å². The van der Waals surface area contributed by atoms with Gasteiger partial charge in [0.25, 0.3) is 0 Å². The fourth-order valence-electron chi connectivity index (χ4n) is 2.94. The molecule has 0 saturated heterocycles. The number of Topliss-reactive ketones (excluding diaryl/α,β-unsaturated/α-hetero) is 1. The Morgan fingerprint density at radius 3 is 2.35 bits per heavy atom. The second-order valence-corrected chi connectivity index (χ2v) is 8.03. The van der Waals surface area contributed by atoms with E-state index in [2.05, 4.69) is 36.6 Å². The number of hydrogen-bond acceptors (Lipinski definition) is 3. The van der Waals surface area contributed by atoms with E-state index >= 15 is 0 Å². The van der Waals surface area contributed by atoms with Crippen molar-refractivity contribution in [2.45, 2.75) is 24.8 Å². The van der Waals surface area contributed by atoms with Crippen LogP contribution < -0.4 is 0 Å². The fourth-order valence-corrected chi connectivity index (χ4v) is 4.88. The van der Waals surface area contributed by atoms with Crippen molar-refractivity contribution in [3.8, 4) is 0 Å². The van der Waals surface area contributed by atoms with Crippen LogP contribution in [0.4, 0.5) is 22.0 Å². The summed E-state index contributed by atoms with van der Waals surface area (Å²) >= 11 is 6.12. The van der Waals surface area contributed by atoms with Gasteiger partial charge < -0.3 is 4.74 Å². The fraction of sp³-hybridized carbons (Fsp3) is 0.500. The topological polar surface area (TPSA) is 43.4 Å². The van der Waals surface area contributed by atoms with E-state index in [1.165, 1.54) is 0 Å². The third-order valence-corrected chi connectivity index (χ3v) is 6.13. The van der Waals surface area contributed by atoms with E-state index in [1.807, 2.05) is 0 Å². The molecule has 10 heteroatoms. The highest BCUT2D eigenvalue weighted by Crippen LogP contribution is 2.62. The quantitative estimate of drug-likeness (QED) is 0.243. The van der Waals surface area contributed by atoms with E-state index in [1.54, 1.807) is 13.8 Å². The molecule has 0 heterocycles. The zero-order valence-electron chi connectivity index (χ0n) is 13.5. The summed E-state index contributed by atoms with van der Waals surface area (Å²) in [6.45, 7) is 3.19. The lowest BCUT2D eigenvalue weighted by Crippen LogP contribution is -2.27. The third kappa shape index (κ3) is 3.67. The van der Waals surface area contributed by atoms with Crippen LogP contribution in [-0.2, 0) is 20.4 Å². The number of carbonyl (C=O) groups excluding carboxylic acids is 2. The Kier molecular flexibility index (Phi) is 5.87. The average Bonchev–Trinajstić information content (AvgIpc) is 3.12. The summed E-state index contributed by atoms with van der Waals surface area (Å²) in [5, 5.41) is 0.00743. The van der Waals surface area contributed by atoms with Crippen molar-refractivity contribution < 1.29 is 36.3 Å². The monoisotopic (exact) mass is 506 g/mol. The Morgan fingerprint density at radius 2 is 1.81 bits per heavy atom. The highest BCUT2D eigenvalue weighted by Gasteiger charge is 2.67. The van der Waals surface area contributed by atoms with Crippen LogP contribution in [0.5, 0.6) is 0 Å². The van der Waals surface area contributed by atoms with Gasteiger partial charge in [0.05, 0.1) is 16.1 Å². The number of hydrogen-bond donors (Lipinski definition) is 0. The van der Waals surface area contributed by atoms with Gasteiger partial charge in [0.1, 0.15) is 5.56 Å². The molecule has 0 bridgehead atoms. The van der Waals surface area contributed by atoms with Crippen LogP contribution in [0.3, 0.4) is 0 Å². The van der Waals surface area contributed by atoms with E-state index in [9.17, 15) is 31.5 Å². The second kappa shape index (κ2) is 7.18. The molecule has 0 spiro atoms. The largest absolute Gasteiger partial charge is 0.431 e. The highest BCUT2D eigenvalue weighted by molar-refractivity contribution is 9.10. The van der Waals surface area contributed by atoms with E-state index < -0.39 is 57.2 Å². The summed E-state index contributed by atoms with van der Waals surface area (Å²) in [4.78, 5) is 23.2. The van der Waals surface area contributed by atoms with Gasteiger partial charge in [0.15, 0.2) is 23.2 Å². The number of carbonyl (C=O) groups is 2. The molecule has 144 valence electrons. The third-order valence-electron chi connectivity index (χ3n) is 4.50. The minimum atomic E-state index is -4.50. The van der Waals surface area contributed by atoms with E-state index in [0.29, 0.717) is 12.1 Å². The van der Waals surface area contributed by atoms with Crippen LogP contribution in [0, 0.1) is 34.7 Å². The molecule has 0 amide bonds. The Labute approximate surface area is 162 Å². The molecular formula is C16H13Br2F5O3. The zero-order chi connectivity index (χ0) is 20.0. The summed E-state index contributed by atoms with van der Waals surface area (Å²) in [5.74, 6) is -9.17. The molecule has 2 rings (SSSR count). The number of rotatable bonds is 6. The van der Waals surface area contributed by atoms with Gasteiger partial charge in [-0.25, -0.2) is 13.2 Å². The average molecular weight is 508 g/mol. The van der Waals surface area contributed by atoms with Gasteiger partial charge in [-0.1, -0.05) is 45.7 Å². The lowest BCUT2D eigenvalue weighted by atomic mass is 10.1. The van der Waals surface area contributed by atoms with E-state index in [0.717, 1.165) is 0 Å². The van der Waals surface area contributed by atoms with Crippen molar-refractivity contribution in [2.75, 3.05) is 5.33 Å². The summed E-state index contributed by atoms with van der Waals surface area (Å²) in [6.07, 6.45) is -4.50. The molecule has 0 aliphatic heterocycles. The number of esters is 1. The number of ether oxygens (including phenoxy) is 1. The van der Waals surface area contributed by atoms with Crippen molar-refractivity contribution in [3.63, 3.8) is 0 Å². The maximum Gasteiger partial charge on any atom is 0.431 e. The van der Waals surface area contributed by atoms with E-state index in [4.69, 9.17) is 0 Å². The molecule has 1 aliphatic rings. The SMILES string of the molecule is CC1(C)[C@H](C(=O)OC(F)(F)c2ccc(F)c(F)c2F)[C@@H]1C(Br)C(=O)CBr. The van der Waals surface area contributed by atoms with Crippen LogP contribution in [-0.4, -0.2) is 21.9 Å². The first kappa shape index (κ1) is 21.3.